The van der Waals surface area contributed by atoms with E-state index in [-0.39, 0.29) is 21.2 Å². The number of rotatable bonds is 2. The molecule has 0 radical (unpaired) electrons. The largest absolute Gasteiger partial charge is 0.478 e. The molecule has 15 heavy (non-hydrogen) atoms. The summed E-state index contributed by atoms with van der Waals surface area (Å²) in [5.41, 5.74) is 4.92. The summed E-state index contributed by atoms with van der Waals surface area (Å²) in [4.78, 5) is 10.5. The van der Waals surface area contributed by atoms with Crippen LogP contribution in [-0.2, 0) is 9.84 Å². The van der Waals surface area contributed by atoms with Crippen molar-refractivity contribution in [3.63, 3.8) is 0 Å². The predicted molar refractivity (Wildman–Crippen MR) is 55.9 cm³/mol. The van der Waals surface area contributed by atoms with Crippen molar-refractivity contribution in [1.82, 2.24) is 0 Å². The molecule has 0 aliphatic carbocycles. The molecule has 0 atom stereocenters. The van der Waals surface area contributed by atoms with Gasteiger partial charge in [0.15, 0.2) is 9.84 Å². The van der Waals surface area contributed by atoms with Crippen molar-refractivity contribution in [3.8, 4) is 0 Å². The maximum atomic E-state index is 11.2. The zero-order valence-electron chi connectivity index (χ0n) is 7.69. The Bertz CT molecular complexity index is 524. The molecule has 0 saturated carbocycles. The Labute approximate surface area is 91.4 Å². The molecule has 0 aliphatic heterocycles. The molecule has 7 heteroatoms. The average molecular weight is 250 g/mol. The molecule has 0 heterocycles. The zero-order chi connectivity index (χ0) is 11.8. The Morgan fingerprint density at radius 3 is 2.40 bits per heavy atom. The maximum Gasteiger partial charge on any atom is 0.339 e. The summed E-state index contributed by atoms with van der Waals surface area (Å²) in [6, 6.07) is 2.38. The van der Waals surface area contributed by atoms with Crippen molar-refractivity contribution in [2.45, 2.75) is 4.90 Å². The Hall–Kier alpha value is -1.27. The lowest BCUT2D eigenvalue weighted by Crippen LogP contribution is -2.07. The first-order valence-corrected chi connectivity index (χ1v) is 6.03. The summed E-state index contributed by atoms with van der Waals surface area (Å²) >= 11 is 5.65. The van der Waals surface area contributed by atoms with Crippen LogP contribution < -0.4 is 5.73 Å². The Morgan fingerprint density at radius 1 is 1.47 bits per heavy atom. The summed E-state index contributed by atoms with van der Waals surface area (Å²) in [7, 11) is -3.56. The lowest BCUT2D eigenvalue weighted by molar-refractivity contribution is 0.0698. The van der Waals surface area contributed by atoms with E-state index in [1.54, 1.807) is 0 Å². The van der Waals surface area contributed by atoms with E-state index in [0.29, 0.717) is 0 Å². The van der Waals surface area contributed by atoms with Gasteiger partial charge in [-0.05, 0) is 12.1 Å². The third kappa shape index (κ3) is 2.21. The molecule has 0 saturated heterocycles. The number of anilines is 1. The van der Waals surface area contributed by atoms with E-state index in [1.165, 1.54) is 12.1 Å². The van der Waals surface area contributed by atoms with E-state index < -0.39 is 15.8 Å². The molecule has 0 fully saturated rings. The molecule has 0 bridgehead atoms. The summed E-state index contributed by atoms with van der Waals surface area (Å²) in [5, 5.41) is 8.42. The van der Waals surface area contributed by atoms with Gasteiger partial charge in [0, 0.05) is 11.9 Å². The van der Waals surface area contributed by atoms with E-state index in [4.69, 9.17) is 22.4 Å². The van der Waals surface area contributed by atoms with Gasteiger partial charge in [-0.3, -0.25) is 0 Å². The van der Waals surface area contributed by atoms with Gasteiger partial charge in [0.2, 0.25) is 0 Å². The standard InChI is InChI=1S/C8H8ClNO4S/c1-15(13,14)5-3-2-4(10)6(7(5)9)8(11)12/h2-3H,10H2,1H3,(H,11,12). The fraction of sp³-hybridized carbons (Fsp3) is 0.125. The molecular weight excluding hydrogens is 242 g/mol. The third-order valence-electron chi connectivity index (χ3n) is 1.75. The van der Waals surface area contributed by atoms with Gasteiger partial charge in [0.25, 0.3) is 0 Å². The van der Waals surface area contributed by atoms with Crippen molar-refractivity contribution in [2.24, 2.45) is 0 Å². The van der Waals surface area contributed by atoms with Crippen LogP contribution in [-0.4, -0.2) is 25.7 Å². The maximum absolute atomic E-state index is 11.2. The molecule has 1 aromatic rings. The lowest BCUT2D eigenvalue weighted by atomic mass is 10.2. The van der Waals surface area contributed by atoms with Crippen molar-refractivity contribution in [3.05, 3.63) is 22.7 Å². The van der Waals surface area contributed by atoms with Crippen molar-refractivity contribution in [2.75, 3.05) is 12.0 Å². The van der Waals surface area contributed by atoms with Gasteiger partial charge in [-0.2, -0.15) is 0 Å². The van der Waals surface area contributed by atoms with Crippen LogP contribution in [0.1, 0.15) is 10.4 Å². The van der Waals surface area contributed by atoms with Crippen LogP contribution in [0, 0.1) is 0 Å². The highest BCUT2D eigenvalue weighted by atomic mass is 35.5. The summed E-state index contributed by atoms with van der Waals surface area (Å²) < 4.78 is 22.4. The number of nitrogen functional groups attached to an aromatic ring is 1. The molecule has 1 aromatic carbocycles. The van der Waals surface area contributed by atoms with E-state index in [2.05, 4.69) is 0 Å². The first kappa shape index (κ1) is 11.8. The lowest BCUT2D eigenvalue weighted by Gasteiger charge is -2.07. The molecular formula is C8H8ClNO4S. The first-order chi connectivity index (χ1) is 6.75. The second-order valence-electron chi connectivity index (χ2n) is 2.92. The van der Waals surface area contributed by atoms with Gasteiger partial charge in [0.1, 0.15) is 5.56 Å². The summed E-state index contributed by atoms with van der Waals surface area (Å²) in [6.45, 7) is 0. The predicted octanol–water partition coefficient (Wildman–Crippen LogP) is 1.02. The van der Waals surface area contributed by atoms with Crippen LogP contribution in [0.25, 0.3) is 0 Å². The number of carboxylic acids is 1. The van der Waals surface area contributed by atoms with Crippen LogP contribution in [0.3, 0.4) is 0 Å². The van der Waals surface area contributed by atoms with Crippen LogP contribution in [0.15, 0.2) is 17.0 Å². The highest BCUT2D eigenvalue weighted by Crippen LogP contribution is 2.29. The van der Waals surface area contributed by atoms with Crippen molar-refractivity contribution < 1.29 is 18.3 Å². The van der Waals surface area contributed by atoms with Gasteiger partial charge in [0.05, 0.1) is 9.92 Å². The number of carbonyl (C=O) groups is 1. The minimum atomic E-state index is -3.56. The number of carboxylic acid groups (broad SMARTS) is 1. The van der Waals surface area contributed by atoms with Gasteiger partial charge in [-0.15, -0.1) is 0 Å². The van der Waals surface area contributed by atoms with Crippen LogP contribution in [0.2, 0.25) is 5.02 Å². The second-order valence-corrected chi connectivity index (χ2v) is 5.28. The Balaban J connectivity index is 3.64. The van der Waals surface area contributed by atoms with E-state index >= 15 is 0 Å². The highest BCUT2D eigenvalue weighted by molar-refractivity contribution is 7.90. The molecule has 0 aromatic heterocycles. The number of benzene rings is 1. The average Bonchev–Trinajstić information content (AvgIpc) is 2.00. The van der Waals surface area contributed by atoms with Crippen LogP contribution >= 0.6 is 11.6 Å². The van der Waals surface area contributed by atoms with E-state index in [0.717, 1.165) is 6.26 Å². The molecule has 0 aliphatic rings. The molecule has 1 rings (SSSR count). The smallest absolute Gasteiger partial charge is 0.339 e. The van der Waals surface area contributed by atoms with Crippen molar-refractivity contribution >= 4 is 33.1 Å². The van der Waals surface area contributed by atoms with Crippen LogP contribution in [0.4, 0.5) is 5.69 Å². The summed E-state index contributed by atoms with van der Waals surface area (Å²) in [6.07, 6.45) is 0.941. The van der Waals surface area contributed by atoms with E-state index in [9.17, 15) is 13.2 Å². The monoisotopic (exact) mass is 249 g/mol. The molecule has 0 spiro atoms. The van der Waals surface area contributed by atoms with Gasteiger partial charge < -0.3 is 10.8 Å². The molecule has 0 amide bonds. The van der Waals surface area contributed by atoms with E-state index in [1.807, 2.05) is 0 Å². The quantitative estimate of drug-likeness (QED) is 0.763. The van der Waals surface area contributed by atoms with Crippen molar-refractivity contribution in [1.29, 1.82) is 0 Å². The molecule has 82 valence electrons. The molecule has 0 unspecified atom stereocenters. The van der Waals surface area contributed by atoms with Crippen LogP contribution in [0.5, 0.6) is 0 Å². The second kappa shape index (κ2) is 3.71. The Morgan fingerprint density at radius 2 is 2.00 bits per heavy atom. The zero-order valence-corrected chi connectivity index (χ0v) is 9.26. The Kier molecular flexibility index (Phi) is 2.92. The number of hydrogen-bond acceptors (Lipinski definition) is 4. The fourth-order valence-electron chi connectivity index (χ4n) is 1.08. The fourth-order valence-corrected chi connectivity index (χ4v) is 2.49. The molecule has 3 N–H and O–H groups in total. The highest BCUT2D eigenvalue weighted by Gasteiger charge is 2.21. The topological polar surface area (TPSA) is 97.5 Å². The number of nitrogens with two attached hydrogens (primary N) is 1. The first-order valence-electron chi connectivity index (χ1n) is 3.76. The minimum absolute atomic E-state index is 0.0695. The number of halogens is 1. The van der Waals surface area contributed by atoms with Gasteiger partial charge in [-0.1, -0.05) is 11.6 Å². The SMILES string of the molecule is CS(=O)(=O)c1ccc(N)c(C(=O)O)c1Cl. The minimum Gasteiger partial charge on any atom is -0.478 e. The summed E-state index contributed by atoms with van der Waals surface area (Å²) in [5.74, 6) is -1.36. The molecule has 5 nitrogen and oxygen atoms in total. The third-order valence-corrected chi connectivity index (χ3v) is 3.40. The number of hydrogen-bond donors (Lipinski definition) is 2. The number of aromatic carboxylic acids is 1. The van der Waals surface area contributed by atoms with Gasteiger partial charge >= 0.3 is 5.97 Å². The van der Waals surface area contributed by atoms with Gasteiger partial charge in [-0.25, -0.2) is 13.2 Å². The normalized spacial score (nSPS) is 11.3. The number of sulfone groups is 1.